The van der Waals surface area contributed by atoms with Crippen LogP contribution < -0.4 is 14.8 Å². The molecule has 2 aromatic rings. The van der Waals surface area contributed by atoms with Gasteiger partial charge in [-0.3, -0.25) is 9.69 Å². The van der Waals surface area contributed by atoms with E-state index in [9.17, 15) is 41.0 Å². The molecule has 2 aromatic carbocycles. The second kappa shape index (κ2) is 13.3. The highest BCUT2D eigenvalue weighted by molar-refractivity contribution is 6.07. The van der Waals surface area contributed by atoms with Gasteiger partial charge in [-0.15, -0.1) is 0 Å². The molecule has 0 spiro atoms. The van der Waals surface area contributed by atoms with Crippen LogP contribution in [0.1, 0.15) is 76.1 Å². The Bertz CT molecular complexity index is 1290. The normalized spacial score (nSPS) is 17.8. The molecule has 1 atom stereocenters. The zero-order valence-electron chi connectivity index (χ0n) is 25.3. The Kier molecular flexibility index (Phi) is 10.5. The fourth-order valence-electron chi connectivity index (χ4n) is 5.18. The molecule has 13 heteroatoms. The van der Waals surface area contributed by atoms with E-state index in [1.54, 1.807) is 45.0 Å². The van der Waals surface area contributed by atoms with Crippen molar-refractivity contribution < 1.29 is 50.5 Å². The molecular weight excluding hydrogens is 594 g/mol. The average Bonchev–Trinajstić information content (AvgIpc) is 3.14. The summed E-state index contributed by atoms with van der Waals surface area (Å²) in [5, 5.41) is 12.7. The highest BCUT2D eigenvalue weighted by Gasteiger charge is 2.71. The van der Waals surface area contributed by atoms with Gasteiger partial charge < -0.3 is 19.9 Å². The molecule has 2 N–H and O–H groups in total. The predicted octanol–water partition coefficient (Wildman–Crippen LogP) is 6.93. The number of carbonyl (C=O) groups is 2. The van der Waals surface area contributed by atoms with Gasteiger partial charge >= 0.3 is 18.4 Å². The van der Waals surface area contributed by atoms with Crippen molar-refractivity contribution in [2.75, 3.05) is 13.2 Å². The number of aryl methyl sites for hydroxylation is 2. The van der Waals surface area contributed by atoms with Gasteiger partial charge in [0.15, 0.2) is 0 Å². The molecular formula is C31H38F6N2O5. The molecule has 1 heterocycles. The van der Waals surface area contributed by atoms with Crippen LogP contribution in [-0.4, -0.2) is 53.6 Å². The van der Waals surface area contributed by atoms with Crippen molar-refractivity contribution in [1.29, 1.82) is 0 Å². The Morgan fingerprint density at radius 2 is 1.45 bits per heavy atom. The monoisotopic (exact) mass is 632 g/mol. The molecule has 1 unspecified atom stereocenters. The van der Waals surface area contributed by atoms with Crippen molar-refractivity contribution in [2.45, 2.75) is 96.3 Å². The fourth-order valence-corrected chi connectivity index (χ4v) is 5.18. The lowest BCUT2D eigenvalue weighted by Gasteiger charge is -2.33. The Balaban J connectivity index is 1.80. The number of hydrogen-bond acceptors (Lipinski definition) is 5. The lowest BCUT2D eigenvalue weighted by atomic mass is 9.87. The quantitative estimate of drug-likeness (QED) is 0.142. The lowest BCUT2D eigenvalue weighted by Crippen LogP contribution is -2.54. The van der Waals surface area contributed by atoms with Gasteiger partial charge in [0.25, 0.3) is 11.5 Å². The summed E-state index contributed by atoms with van der Waals surface area (Å²) in [5.74, 6) is 0.258. The summed E-state index contributed by atoms with van der Waals surface area (Å²) in [6.45, 7) is 8.63. The van der Waals surface area contributed by atoms with Crippen molar-refractivity contribution >= 4 is 11.9 Å². The van der Waals surface area contributed by atoms with Crippen LogP contribution in [0.5, 0.6) is 11.5 Å². The Morgan fingerprint density at radius 3 is 1.91 bits per heavy atom. The first-order valence-corrected chi connectivity index (χ1v) is 14.5. The maximum Gasteiger partial charge on any atom is 0.430 e. The summed E-state index contributed by atoms with van der Waals surface area (Å²) in [4.78, 5) is 27.1. The highest BCUT2D eigenvalue weighted by atomic mass is 19.4. The van der Waals surface area contributed by atoms with Crippen molar-refractivity contribution in [2.24, 2.45) is 0 Å². The maximum absolute atomic E-state index is 13.6. The van der Waals surface area contributed by atoms with Crippen LogP contribution in [0.15, 0.2) is 36.4 Å². The van der Waals surface area contributed by atoms with Crippen molar-refractivity contribution in [1.82, 2.24) is 10.2 Å². The van der Waals surface area contributed by atoms with Gasteiger partial charge in [-0.25, -0.2) is 4.79 Å². The standard InChI is InChI=1S/C31H38F6N2O5/c1-6-9-20-17-23(29(42,30(32,33)34)31(35,36)37)18-21(10-7-2)25(20)43-16-8-15-39-26(40)28(5,38-27(39)41)22-11-13-24(14-12-22)44-19(3)4/h11-14,17-19,42H,6-10,15-16H2,1-5H3,(H,38,41). The highest BCUT2D eigenvalue weighted by Crippen LogP contribution is 2.51. The van der Waals surface area contributed by atoms with Gasteiger partial charge in [0, 0.05) is 12.1 Å². The van der Waals surface area contributed by atoms with E-state index < -0.39 is 41.0 Å². The molecule has 7 nitrogen and oxygen atoms in total. The van der Waals surface area contributed by atoms with E-state index >= 15 is 0 Å². The number of imide groups is 1. The second-order valence-corrected chi connectivity index (χ2v) is 11.2. The molecule has 0 bridgehead atoms. The number of amides is 3. The largest absolute Gasteiger partial charge is 0.493 e. The van der Waals surface area contributed by atoms with E-state index in [-0.39, 0.29) is 55.4 Å². The van der Waals surface area contributed by atoms with Gasteiger partial charge in [-0.1, -0.05) is 38.8 Å². The molecule has 1 aliphatic rings. The van der Waals surface area contributed by atoms with Crippen LogP contribution in [0.3, 0.4) is 0 Å². The number of urea groups is 1. The van der Waals surface area contributed by atoms with Gasteiger partial charge in [0.05, 0.1) is 12.7 Å². The number of alkyl halides is 6. The van der Waals surface area contributed by atoms with Crippen molar-refractivity contribution in [3.63, 3.8) is 0 Å². The number of aliphatic hydroxyl groups is 1. The summed E-state index contributed by atoms with van der Waals surface area (Å²) in [6, 6.07) is 7.56. The second-order valence-electron chi connectivity index (χ2n) is 11.2. The molecule has 1 aliphatic heterocycles. The van der Waals surface area contributed by atoms with E-state index in [2.05, 4.69) is 5.32 Å². The molecule has 3 rings (SSSR count). The van der Waals surface area contributed by atoms with Crippen molar-refractivity contribution in [3.05, 3.63) is 58.7 Å². The van der Waals surface area contributed by atoms with Gasteiger partial charge in [-0.2, -0.15) is 26.3 Å². The van der Waals surface area contributed by atoms with Crippen LogP contribution in [0.4, 0.5) is 31.1 Å². The Hall–Kier alpha value is -3.48. The molecule has 244 valence electrons. The first-order valence-electron chi connectivity index (χ1n) is 14.5. The third-order valence-electron chi connectivity index (χ3n) is 7.37. The van der Waals surface area contributed by atoms with Crippen LogP contribution in [-0.2, 0) is 28.8 Å². The summed E-state index contributed by atoms with van der Waals surface area (Å²) in [7, 11) is 0. The number of nitrogens with one attached hydrogen (secondary N) is 1. The third kappa shape index (κ3) is 6.92. The maximum atomic E-state index is 13.6. The van der Waals surface area contributed by atoms with Gasteiger partial charge in [0.2, 0.25) is 0 Å². The molecule has 0 aromatic heterocycles. The Morgan fingerprint density at radius 1 is 0.932 bits per heavy atom. The number of nitrogens with zero attached hydrogens (tertiary/aromatic N) is 1. The zero-order valence-corrected chi connectivity index (χ0v) is 25.3. The summed E-state index contributed by atoms with van der Waals surface area (Å²) in [6.07, 6.45) is -11.0. The lowest BCUT2D eigenvalue weighted by molar-refractivity contribution is -0.376. The van der Waals surface area contributed by atoms with E-state index in [1.165, 1.54) is 0 Å². The number of rotatable bonds is 13. The summed E-state index contributed by atoms with van der Waals surface area (Å²) >= 11 is 0. The minimum absolute atomic E-state index is 0.0407. The Labute approximate surface area is 252 Å². The van der Waals surface area contributed by atoms with Gasteiger partial charge in [-0.05, 0) is 81.0 Å². The SMILES string of the molecule is CCCc1cc(C(O)(C(F)(F)F)C(F)(F)F)cc(CCC)c1OCCCN1C(=O)NC(C)(c2ccc(OC(C)C)cc2)C1=O. The number of carbonyl (C=O) groups excluding carboxylic acids is 2. The van der Waals surface area contributed by atoms with Crippen LogP contribution in [0.25, 0.3) is 0 Å². The molecule has 0 radical (unpaired) electrons. The van der Waals surface area contributed by atoms with Crippen LogP contribution in [0, 0.1) is 0 Å². The topological polar surface area (TPSA) is 88.1 Å². The van der Waals surface area contributed by atoms with E-state index in [0.29, 0.717) is 36.3 Å². The molecule has 44 heavy (non-hydrogen) atoms. The summed E-state index contributed by atoms with van der Waals surface area (Å²) in [5.41, 5.74) is -6.96. The summed E-state index contributed by atoms with van der Waals surface area (Å²) < 4.78 is 93.3. The van der Waals surface area contributed by atoms with E-state index in [1.807, 2.05) is 13.8 Å². The average molecular weight is 633 g/mol. The number of hydrogen-bond donors (Lipinski definition) is 2. The van der Waals surface area contributed by atoms with Crippen LogP contribution >= 0.6 is 0 Å². The molecule has 1 fully saturated rings. The smallest absolute Gasteiger partial charge is 0.430 e. The zero-order chi connectivity index (χ0) is 33.1. The molecule has 3 amide bonds. The van der Waals surface area contributed by atoms with Crippen molar-refractivity contribution in [3.8, 4) is 11.5 Å². The minimum atomic E-state index is -6.01. The molecule has 1 saturated heterocycles. The van der Waals surface area contributed by atoms with E-state index in [4.69, 9.17) is 9.47 Å². The third-order valence-corrected chi connectivity index (χ3v) is 7.37. The fraction of sp³-hybridized carbons (Fsp3) is 0.548. The number of ether oxygens (including phenoxy) is 2. The number of benzene rings is 2. The molecule has 0 saturated carbocycles. The van der Waals surface area contributed by atoms with Gasteiger partial charge in [0.1, 0.15) is 17.0 Å². The molecule has 0 aliphatic carbocycles. The van der Waals surface area contributed by atoms with E-state index in [0.717, 1.165) is 4.90 Å². The van der Waals surface area contributed by atoms with Crippen LogP contribution in [0.2, 0.25) is 0 Å². The predicted molar refractivity (Wildman–Crippen MR) is 150 cm³/mol. The first-order chi connectivity index (χ1) is 20.4. The first kappa shape index (κ1) is 35.0. The minimum Gasteiger partial charge on any atom is -0.493 e. The number of halogens is 6.